The smallest absolute Gasteiger partial charge is 0.341 e. The fraction of sp³-hybridized carbons (Fsp3) is 0.387. The van der Waals surface area contributed by atoms with Gasteiger partial charge in [-0.1, -0.05) is 34.1 Å². The highest BCUT2D eigenvalue weighted by atomic mass is 79.9. The number of para-hydroxylation sites is 1. The van der Waals surface area contributed by atoms with Crippen molar-refractivity contribution in [3.63, 3.8) is 0 Å². The molecule has 9 heteroatoms. The maximum absolute atomic E-state index is 12.4. The van der Waals surface area contributed by atoms with Crippen LogP contribution in [0.1, 0.15) is 15.9 Å². The Morgan fingerprint density at radius 3 is 2.40 bits per heavy atom. The second kappa shape index (κ2) is 14.0. The first-order valence-electron chi connectivity index (χ1n) is 13.7. The number of ether oxygens (including phenoxy) is 4. The average Bonchev–Trinajstić information content (AvgIpc) is 3.00. The lowest BCUT2D eigenvalue weighted by atomic mass is 10.1. The molecule has 212 valence electrons. The van der Waals surface area contributed by atoms with E-state index in [2.05, 4.69) is 42.8 Å². The summed E-state index contributed by atoms with van der Waals surface area (Å²) in [6, 6.07) is 21.4. The van der Waals surface area contributed by atoms with Crippen molar-refractivity contribution < 1.29 is 23.7 Å². The molecule has 0 N–H and O–H groups in total. The van der Waals surface area contributed by atoms with Crippen molar-refractivity contribution in [3.8, 4) is 17.2 Å². The molecule has 0 saturated carbocycles. The lowest BCUT2D eigenvalue weighted by Gasteiger charge is -2.36. The monoisotopic (exact) mass is 609 g/mol. The van der Waals surface area contributed by atoms with E-state index in [0.29, 0.717) is 23.7 Å². The van der Waals surface area contributed by atoms with Crippen LogP contribution >= 0.6 is 15.9 Å². The van der Waals surface area contributed by atoms with Gasteiger partial charge in [-0.05, 0) is 48.0 Å². The second-order valence-electron chi connectivity index (χ2n) is 9.91. The number of halogens is 1. The molecule has 0 atom stereocenters. The fourth-order valence-electron chi connectivity index (χ4n) is 4.97. The van der Waals surface area contributed by atoms with Crippen molar-refractivity contribution in [1.29, 1.82) is 0 Å². The molecular weight excluding hydrogens is 574 g/mol. The third-order valence-corrected chi connectivity index (χ3v) is 8.04. The van der Waals surface area contributed by atoms with Crippen molar-refractivity contribution in [2.45, 2.75) is 6.54 Å². The highest BCUT2D eigenvalue weighted by Gasteiger charge is 2.21. The summed E-state index contributed by atoms with van der Waals surface area (Å²) in [5.41, 5.74) is 2.65. The molecule has 0 bridgehead atoms. The highest BCUT2D eigenvalue weighted by molar-refractivity contribution is 9.10. The Kier molecular flexibility index (Phi) is 9.94. The molecule has 0 spiro atoms. The van der Waals surface area contributed by atoms with E-state index in [4.69, 9.17) is 18.9 Å². The Hall–Kier alpha value is -3.11. The summed E-state index contributed by atoms with van der Waals surface area (Å²) in [6.07, 6.45) is 0. The van der Waals surface area contributed by atoms with Gasteiger partial charge in [0.2, 0.25) is 0 Å². The summed E-state index contributed by atoms with van der Waals surface area (Å²) < 4.78 is 23.7. The minimum atomic E-state index is -0.416. The Morgan fingerprint density at radius 2 is 1.65 bits per heavy atom. The van der Waals surface area contributed by atoms with Crippen LogP contribution in [0, 0.1) is 0 Å². The maximum atomic E-state index is 12.4. The van der Waals surface area contributed by atoms with Gasteiger partial charge in [0.25, 0.3) is 0 Å². The Labute approximate surface area is 244 Å². The highest BCUT2D eigenvalue weighted by Crippen LogP contribution is 2.31. The van der Waals surface area contributed by atoms with E-state index in [1.54, 1.807) is 6.07 Å². The van der Waals surface area contributed by atoms with E-state index in [0.717, 1.165) is 81.5 Å². The number of carbonyl (C=O) groups is 1. The van der Waals surface area contributed by atoms with Crippen LogP contribution in [-0.4, -0.2) is 88.5 Å². The third kappa shape index (κ3) is 7.54. The van der Waals surface area contributed by atoms with E-state index >= 15 is 0 Å². The molecule has 0 aromatic heterocycles. The molecule has 3 aromatic rings. The quantitative estimate of drug-likeness (QED) is 0.296. The van der Waals surface area contributed by atoms with Gasteiger partial charge < -0.3 is 23.8 Å². The van der Waals surface area contributed by atoms with Crippen LogP contribution in [0.2, 0.25) is 0 Å². The van der Waals surface area contributed by atoms with Crippen molar-refractivity contribution in [2.75, 3.05) is 77.6 Å². The number of nitrogens with zero attached hydrogens (tertiary/aromatic N) is 3. The van der Waals surface area contributed by atoms with Crippen molar-refractivity contribution in [2.24, 2.45) is 0 Å². The van der Waals surface area contributed by atoms with E-state index in [1.807, 2.05) is 48.5 Å². The van der Waals surface area contributed by atoms with Gasteiger partial charge in [0.05, 0.1) is 20.3 Å². The molecule has 2 fully saturated rings. The molecule has 0 aliphatic carbocycles. The van der Waals surface area contributed by atoms with Gasteiger partial charge in [0, 0.05) is 68.6 Å². The van der Waals surface area contributed by atoms with Crippen molar-refractivity contribution in [1.82, 2.24) is 9.80 Å². The lowest BCUT2D eigenvalue weighted by Crippen LogP contribution is -2.46. The number of carbonyl (C=O) groups excluding carboxylic acids is 1. The Balaban J connectivity index is 1.18. The van der Waals surface area contributed by atoms with Gasteiger partial charge in [-0.2, -0.15) is 0 Å². The topological polar surface area (TPSA) is 63.7 Å². The zero-order valence-corrected chi connectivity index (χ0v) is 24.5. The molecular formula is C31H36BrN3O5. The summed E-state index contributed by atoms with van der Waals surface area (Å²) in [7, 11) is 1.38. The van der Waals surface area contributed by atoms with Gasteiger partial charge >= 0.3 is 5.97 Å². The molecule has 2 aliphatic rings. The zero-order valence-electron chi connectivity index (χ0n) is 22.9. The number of anilines is 1. The van der Waals surface area contributed by atoms with Gasteiger partial charge in [-0.3, -0.25) is 9.80 Å². The average molecular weight is 611 g/mol. The molecule has 2 heterocycles. The SMILES string of the molecule is COC(=O)c1ccc(N2CCN(Cc3cc(OCCN4CCOCC4)ccc3Br)CC2)cc1Oc1ccccc1. The molecule has 2 aliphatic heterocycles. The first-order valence-corrected chi connectivity index (χ1v) is 14.5. The van der Waals surface area contributed by atoms with E-state index < -0.39 is 5.97 Å². The maximum Gasteiger partial charge on any atom is 0.341 e. The normalized spacial score (nSPS) is 16.5. The standard InChI is InChI=1S/C31H36BrN3O5/c1-37-31(36)28-9-7-25(22-30(28)40-26-5-3-2-4-6-26)35-13-11-34(12-14-35)23-24-21-27(8-10-29(24)32)39-20-17-33-15-18-38-19-16-33/h2-10,21-22H,11-20,23H2,1H3. The van der Waals surface area contributed by atoms with Crippen molar-refractivity contribution in [3.05, 3.63) is 82.3 Å². The Morgan fingerprint density at radius 1 is 0.875 bits per heavy atom. The van der Waals surface area contributed by atoms with Crippen LogP contribution in [-0.2, 0) is 16.0 Å². The number of piperazine rings is 1. The molecule has 3 aromatic carbocycles. The first-order chi connectivity index (χ1) is 19.6. The predicted octanol–water partition coefficient (Wildman–Crippen LogP) is 5.06. The molecule has 0 radical (unpaired) electrons. The third-order valence-electron chi connectivity index (χ3n) is 7.27. The van der Waals surface area contributed by atoms with Crippen LogP contribution in [0.4, 0.5) is 5.69 Å². The molecule has 2 saturated heterocycles. The molecule has 0 unspecified atom stereocenters. The zero-order chi connectivity index (χ0) is 27.7. The summed E-state index contributed by atoms with van der Waals surface area (Å²) in [5, 5.41) is 0. The molecule has 5 rings (SSSR count). The van der Waals surface area contributed by atoms with E-state index in [-0.39, 0.29) is 0 Å². The summed E-state index contributed by atoms with van der Waals surface area (Å²) in [4.78, 5) is 19.5. The minimum Gasteiger partial charge on any atom is -0.492 e. The lowest BCUT2D eigenvalue weighted by molar-refractivity contribution is 0.0322. The van der Waals surface area contributed by atoms with Crippen LogP contribution in [0.25, 0.3) is 0 Å². The minimum absolute atomic E-state index is 0.408. The summed E-state index contributed by atoms with van der Waals surface area (Å²) in [6.45, 7) is 9.55. The number of benzene rings is 3. The van der Waals surface area contributed by atoms with E-state index in [9.17, 15) is 4.79 Å². The fourth-order valence-corrected chi connectivity index (χ4v) is 5.34. The second-order valence-corrected chi connectivity index (χ2v) is 10.8. The first kappa shape index (κ1) is 28.4. The molecule has 40 heavy (non-hydrogen) atoms. The Bertz CT molecular complexity index is 1260. The number of esters is 1. The van der Waals surface area contributed by atoms with Gasteiger partial charge in [0.1, 0.15) is 29.4 Å². The van der Waals surface area contributed by atoms with Crippen LogP contribution in [0.15, 0.2) is 71.2 Å². The number of hydrogen-bond acceptors (Lipinski definition) is 8. The van der Waals surface area contributed by atoms with Crippen LogP contribution in [0.5, 0.6) is 17.2 Å². The largest absolute Gasteiger partial charge is 0.492 e. The van der Waals surface area contributed by atoms with Crippen LogP contribution in [0.3, 0.4) is 0 Å². The molecule has 0 amide bonds. The number of hydrogen-bond donors (Lipinski definition) is 0. The number of rotatable bonds is 10. The number of morpholine rings is 1. The summed E-state index contributed by atoms with van der Waals surface area (Å²) in [5.74, 6) is 1.65. The van der Waals surface area contributed by atoms with Gasteiger partial charge in [-0.15, -0.1) is 0 Å². The van der Waals surface area contributed by atoms with E-state index in [1.165, 1.54) is 12.7 Å². The van der Waals surface area contributed by atoms with Gasteiger partial charge in [0.15, 0.2) is 0 Å². The molecule has 8 nitrogen and oxygen atoms in total. The van der Waals surface area contributed by atoms with Gasteiger partial charge in [-0.25, -0.2) is 4.79 Å². The van der Waals surface area contributed by atoms with Crippen molar-refractivity contribution >= 4 is 27.6 Å². The van der Waals surface area contributed by atoms with Crippen LogP contribution < -0.4 is 14.4 Å². The number of methoxy groups -OCH3 is 1. The predicted molar refractivity (Wildman–Crippen MR) is 159 cm³/mol. The summed E-state index contributed by atoms with van der Waals surface area (Å²) >= 11 is 3.73.